The van der Waals surface area contributed by atoms with Crippen LogP contribution >= 0.6 is 0 Å². The smallest absolute Gasteiger partial charge is 0.240 e. The molecule has 2 heterocycles. The van der Waals surface area contributed by atoms with Crippen LogP contribution in [0.2, 0.25) is 0 Å². The van der Waals surface area contributed by atoms with Crippen molar-refractivity contribution in [3.63, 3.8) is 0 Å². The van der Waals surface area contributed by atoms with Crippen LogP contribution in [0.25, 0.3) is 22.6 Å². The molecule has 1 aromatic carbocycles. The van der Waals surface area contributed by atoms with Crippen molar-refractivity contribution in [1.29, 1.82) is 0 Å². The molecule has 6 heteroatoms. The molecule has 138 valence electrons. The number of carbonyl (C=O) groups is 1. The number of aromatic nitrogens is 3. The molecule has 0 bridgehead atoms. The van der Waals surface area contributed by atoms with E-state index in [1.54, 1.807) is 6.20 Å². The summed E-state index contributed by atoms with van der Waals surface area (Å²) in [5, 5.41) is 2.92. The summed E-state index contributed by atoms with van der Waals surface area (Å²) in [4.78, 5) is 24.8. The number of nitrogens with two attached hydrogens (primary N) is 1. The van der Waals surface area contributed by atoms with Crippen LogP contribution in [-0.2, 0) is 11.3 Å². The minimum atomic E-state index is -0.712. The summed E-state index contributed by atoms with van der Waals surface area (Å²) in [5.74, 6) is 0.573. The summed E-state index contributed by atoms with van der Waals surface area (Å²) in [6, 6.07) is 14.0. The lowest BCUT2D eigenvalue weighted by molar-refractivity contribution is -0.129. The number of H-pyrrole nitrogens is 1. The SMILES string of the molecule is Cc1ccc(-c2nc(CNC(=O)C3(N)CCC3)[nH]c2-c2ccccn2)cc1. The van der Waals surface area contributed by atoms with E-state index in [0.717, 1.165) is 41.9 Å². The fraction of sp³-hybridized carbons (Fsp3) is 0.286. The van der Waals surface area contributed by atoms with Crippen LogP contribution in [0.3, 0.4) is 0 Å². The molecule has 4 rings (SSSR count). The highest BCUT2D eigenvalue weighted by atomic mass is 16.2. The van der Waals surface area contributed by atoms with Crippen molar-refractivity contribution in [2.75, 3.05) is 0 Å². The molecule has 1 fully saturated rings. The van der Waals surface area contributed by atoms with E-state index in [2.05, 4.69) is 34.3 Å². The highest BCUT2D eigenvalue weighted by Crippen LogP contribution is 2.30. The Morgan fingerprint density at radius 1 is 1.22 bits per heavy atom. The maximum atomic E-state index is 12.3. The van der Waals surface area contributed by atoms with Crippen LogP contribution in [0.4, 0.5) is 0 Å². The van der Waals surface area contributed by atoms with Crippen LogP contribution in [0.5, 0.6) is 0 Å². The molecule has 1 amide bonds. The minimum absolute atomic E-state index is 0.110. The number of benzene rings is 1. The molecule has 1 aliphatic carbocycles. The number of amides is 1. The third-order valence-electron chi connectivity index (χ3n) is 5.11. The number of nitrogens with one attached hydrogen (secondary N) is 2. The van der Waals surface area contributed by atoms with E-state index in [0.29, 0.717) is 12.4 Å². The molecular weight excluding hydrogens is 338 g/mol. The van der Waals surface area contributed by atoms with Gasteiger partial charge in [0, 0.05) is 11.8 Å². The van der Waals surface area contributed by atoms with Gasteiger partial charge >= 0.3 is 0 Å². The molecule has 3 aromatic rings. The first-order valence-corrected chi connectivity index (χ1v) is 9.20. The second-order valence-corrected chi connectivity index (χ2v) is 7.18. The predicted octanol–water partition coefficient (Wildman–Crippen LogP) is 2.94. The topological polar surface area (TPSA) is 96.7 Å². The number of aryl methyl sites for hydroxylation is 1. The highest BCUT2D eigenvalue weighted by molar-refractivity contribution is 5.87. The minimum Gasteiger partial charge on any atom is -0.347 e. The lowest BCUT2D eigenvalue weighted by Gasteiger charge is -2.36. The van der Waals surface area contributed by atoms with E-state index in [1.165, 1.54) is 5.56 Å². The van der Waals surface area contributed by atoms with Crippen molar-refractivity contribution in [3.8, 4) is 22.6 Å². The van der Waals surface area contributed by atoms with E-state index in [-0.39, 0.29) is 5.91 Å². The van der Waals surface area contributed by atoms with E-state index in [1.807, 2.05) is 30.3 Å². The largest absolute Gasteiger partial charge is 0.347 e. The molecule has 1 saturated carbocycles. The van der Waals surface area contributed by atoms with Crippen molar-refractivity contribution in [2.45, 2.75) is 38.3 Å². The van der Waals surface area contributed by atoms with Crippen molar-refractivity contribution >= 4 is 5.91 Å². The van der Waals surface area contributed by atoms with Crippen LogP contribution in [0, 0.1) is 6.92 Å². The quantitative estimate of drug-likeness (QED) is 0.651. The Hall–Kier alpha value is -2.99. The standard InChI is InChI=1S/C21H23N5O/c1-14-6-8-15(9-7-14)18-19(16-5-2-3-12-23-16)26-17(25-18)13-24-20(27)21(22)10-4-11-21/h2-3,5-9,12H,4,10-11,13,22H2,1H3,(H,24,27)(H,25,26). The van der Waals surface area contributed by atoms with Gasteiger partial charge in [0.2, 0.25) is 5.91 Å². The zero-order chi connectivity index (χ0) is 18.9. The Morgan fingerprint density at radius 2 is 2.00 bits per heavy atom. The average Bonchev–Trinajstić information content (AvgIpc) is 3.10. The Labute approximate surface area is 158 Å². The number of hydrogen-bond donors (Lipinski definition) is 3. The monoisotopic (exact) mass is 361 g/mol. The van der Waals surface area contributed by atoms with Gasteiger partial charge in [-0.1, -0.05) is 35.9 Å². The maximum absolute atomic E-state index is 12.3. The summed E-state index contributed by atoms with van der Waals surface area (Å²) in [6.07, 6.45) is 4.24. The number of imidazole rings is 1. The first-order chi connectivity index (χ1) is 13.0. The van der Waals surface area contributed by atoms with Gasteiger partial charge < -0.3 is 16.0 Å². The molecule has 0 radical (unpaired) electrons. The fourth-order valence-electron chi connectivity index (χ4n) is 3.25. The third kappa shape index (κ3) is 3.48. The van der Waals surface area contributed by atoms with E-state index in [4.69, 9.17) is 10.7 Å². The predicted molar refractivity (Wildman–Crippen MR) is 105 cm³/mol. The van der Waals surface area contributed by atoms with E-state index >= 15 is 0 Å². The fourth-order valence-corrected chi connectivity index (χ4v) is 3.25. The Kier molecular flexibility index (Phi) is 4.49. The Bertz CT molecular complexity index is 942. The number of carbonyl (C=O) groups excluding carboxylic acids is 1. The van der Waals surface area contributed by atoms with Crippen LogP contribution < -0.4 is 11.1 Å². The van der Waals surface area contributed by atoms with E-state index < -0.39 is 5.54 Å². The maximum Gasteiger partial charge on any atom is 0.240 e. The van der Waals surface area contributed by atoms with Gasteiger partial charge in [0.25, 0.3) is 0 Å². The number of nitrogens with zero attached hydrogens (tertiary/aromatic N) is 2. The van der Waals surface area contributed by atoms with Gasteiger partial charge in [-0.2, -0.15) is 0 Å². The summed E-state index contributed by atoms with van der Waals surface area (Å²) < 4.78 is 0. The summed E-state index contributed by atoms with van der Waals surface area (Å²) in [6.45, 7) is 2.36. The molecule has 2 aromatic heterocycles. The van der Waals surface area contributed by atoms with Gasteiger partial charge in [-0.25, -0.2) is 4.98 Å². The van der Waals surface area contributed by atoms with Crippen molar-refractivity contribution in [3.05, 3.63) is 60.0 Å². The summed E-state index contributed by atoms with van der Waals surface area (Å²) in [7, 11) is 0. The average molecular weight is 361 g/mol. The van der Waals surface area contributed by atoms with Gasteiger partial charge in [-0.3, -0.25) is 9.78 Å². The van der Waals surface area contributed by atoms with Gasteiger partial charge in [0.1, 0.15) is 5.82 Å². The molecule has 0 spiro atoms. The molecule has 27 heavy (non-hydrogen) atoms. The number of aromatic amines is 1. The number of hydrogen-bond acceptors (Lipinski definition) is 4. The zero-order valence-corrected chi connectivity index (χ0v) is 15.3. The summed E-state index contributed by atoms with van der Waals surface area (Å²) >= 11 is 0. The molecule has 0 saturated heterocycles. The normalized spacial score (nSPS) is 15.2. The van der Waals surface area contributed by atoms with Crippen molar-refractivity contribution < 1.29 is 4.79 Å². The second kappa shape index (κ2) is 6.96. The molecular formula is C21H23N5O. The van der Waals surface area contributed by atoms with Gasteiger partial charge in [0.15, 0.2) is 0 Å². The zero-order valence-electron chi connectivity index (χ0n) is 15.3. The van der Waals surface area contributed by atoms with Crippen LogP contribution in [0.1, 0.15) is 30.7 Å². The summed E-state index contributed by atoms with van der Waals surface area (Å²) in [5.41, 5.74) is 10.0. The van der Waals surface area contributed by atoms with E-state index in [9.17, 15) is 4.79 Å². The molecule has 6 nitrogen and oxygen atoms in total. The molecule has 1 aliphatic rings. The molecule has 0 aliphatic heterocycles. The first kappa shape index (κ1) is 17.4. The Morgan fingerprint density at radius 3 is 2.63 bits per heavy atom. The molecule has 0 atom stereocenters. The van der Waals surface area contributed by atoms with Gasteiger partial charge in [-0.15, -0.1) is 0 Å². The second-order valence-electron chi connectivity index (χ2n) is 7.18. The Balaban J connectivity index is 1.63. The third-order valence-corrected chi connectivity index (χ3v) is 5.11. The van der Waals surface area contributed by atoms with Gasteiger partial charge in [0.05, 0.1) is 29.2 Å². The molecule has 4 N–H and O–H groups in total. The lowest BCUT2D eigenvalue weighted by Crippen LogP contribution is -2.58. The van der Waals surface area contributed by atoms with Gasteiger partial charge in [-0.05, 0) is 38.3 Å². The van der Waals surface area contributed by atoms with Crippen molar-refractivity contribution in [2.24, 2.45) is 5.73 Å². The highest BCUT2D eigenvalue weighted by Gasteiger charge is 2.39. The van der Waals surface area contributed by atoms with Crippen molar-refractivity contribution in [1.82, 2.24) is 20.3 Å². The first-order valence-electron chi connectivity index (χ1n) is 9.20. The van der Waals surface area contributed by atoms with Crippen LogP contribution in [-0.4, -0.2) is 26.4 Å². The number of rotatable bonds is 5. The number of pyridine rings is 1. The van der Waals surface area contributed by atoms with Crippen LogP contribution in [0.15, 0.2) is 48.7 Å². The molecule has 0 unspecified atom stereocenters. The lowest BCUT2D eigenvalue weighted by atomic mass is 9.77.